The van der Waals surface area contributed by atoms with E-state index < -0.39 is 17.7 Å². The second-order valence-corrected chi connectivity index (χ2v) is 8.14. The Kier molecular flexibility index (Phi) is 6.20. The van der Waals surface area contributed by atoms with Crippen LogP contribution in [0, 0.1) is 6.92 Å². The van der Waals surface area contributed by atoms with E-state index in [9.17, 15) is 9.59 Å². The summed E-state index contributed by atoms with van der Waals surface area (Å²) in [5.74, 6) is -0.216. The highest BCUT2D eigenvalue weighted by Crippen LogP contribution is 2.32. The summed E-state index contributed by atoms with van der Waals surface area (Å²) in [6, 6.07) is 3.26. The second kappa shape index (κ2) is 8.04. The quantitative estimate of drug-likeness (QED) is 0.853. The molecule has 8 heteroatoms. The number of carbonyl (C=O) groups is 2. The van der Waals surface area contributed by atoms with Crippen molar-refractivity contribution in [2.75, 3.05) is 11.9 Å². The van der Waals surface area contributed by atoms with Gasteiger partial charge in [-0.05, 0) is 46.2 Å². The first-order chi connectivity index (χ1) is 12.2. The maximum absolute atomic E-state index is 12.6. The topological polar surface area (TPSA) is 84.4 Å². The monoisotopic (exact) mass is 390 g/mol. The molecular weight excluding hydrogens is 364 g/mol. The minimum Gasteiger partial charge on any atom is -0.444 e. The van der Waals surface area contributed by atoms with Crippen LogP contribution in [0.25, 0.3) is 10.6 Å². The van der Waals surface area contributed by atoms with Crippen LogP contribution >= 0.6 is 11.3 Å². The van der Waals surface area contributed by atoms with E-state index in [0.717, 1.165) is 16.3 Å². The van der Waals surface area contributed by atoms with E-state index >= 15 is 0 Å². The third kappa shape index (κ3) is 4.82. The Balaban J connectivity index is 0.00000261. The fraction of sp³-hybridized carbons (Fsp3) is 0.474. The van der Waals surface area contributed by atoms with Gasteiger partial charge < -0.3 is 10.1 Å². The van der Waals surface area contributed by atoms with Crippen LogP contribution in [-0.2, 0) is 9.53 Å². The summed E-state index contributed by atoms with van der Waals surface area (Å²) >= 11 is 1.39. The normalized spacial score (nSPS) is 16.1. The lowest BCUT2D eigenvalue weighted by molar-refractivity contribution is -0.125. The molecule has 0 radical (unpaired) electrons. The molecular formula is C19H26N4O3S. The minimum atomic E-state index is -0.583. The van der Waals surface area contributed by atoms with E-state index in [1.807, 2.05) is 19.1 Å². The van der Waals surface area contributed by atoms with Crippen molar-refractivity contribution in [1.29, 1.82) is 0 Å². The molecule has 2 aromatic rings. The van der Waals surface area contributed by atoms with E-state index in [1.54, 1.807) is 33.2 Å². The average Bonchev–Trinajstić information content (AvgIpc) is 2.86. The van der Waals surface area contributed by atoms with Crippen molar-refractivity contribution >= 4 is 28.3 Å². The number of thiazole rings is 1. The number of anilines is 1. The largest absolute Gasteiger partial charge is 0.444 e. The molecule has 2 aromatic heterocycles. The number of hydrogen-bond donors (Lipinski definition) is 1. The van der Waals surface area contributed by atoms with E-state index in [0.29, 0.717) is 18.0 Å². The van der Waals surface area contributed by atoms with Gasteiger partial charge in [0.2, 0.25) is 5.91 Å². The van der Waals surface area contributed by atoms with Crippen LogP contribution in [0.1, 0.15) is 40.3 Å². The predicted octanol–water partition coefficient (Wildman–Crippen LogP) is 4.10. The molecule has 0 bridgehead atoms. The summed E-state index contributed by atoms with van der Waals surface area (Å²) in [5, 5.41) is 4.38. The molecule has 3 heterocycles. The van der Waals surface area contributed by atoms with Gasteiger partial charge in [-0.15, -0.1) is 0 Å². The molecule has 146 valence electrons. The number of nitrogens with zero attached hydrogens (tertiary/aromatic N) is 3. The fourth-order valence-electron chi connectivity index (χ4n) is 2.52. The second-order valence-electron chi connectivity index (χ2n) is 7.14. The molecule has 1 saturated heterocycles. The van der Waals surface area contributed by atoms with Crippen LogP contribution in [0.15, 0.2) is 24.5 Å². The lowest BCUT2D eigenvalue weighted by Gasteiger charge is -2.40. The highest BCUT2D eigenvalue weighted by molar-refractivity contribution is 7.19. The molecule has 0 aliphatic carbocycles. The minimum absolute atomic E-state index is 0. The van der Waals surface area contributed by atoms with Gasteiger partial charge in [0.15, 0.2) is 0 Å². The number of pyridine rings is 1. The first-order valence-electron chi connectivity index (χ1n) is 8.43. The highest BCUT2D eigenvalue weighted by atomic mass is 32.1. The van der Waals surface area contributed by atoms with E-state index in [1.165, 1.54) is 16.2 Å². The molecule has 1 N–H and O–H groups in total. The lowest BCUT2D eigenvalue weighted by Crippen LogP contribution is -2.57. The highest BCUT2D eigenvalue weighted by Gasteiger charge is 2.40. The Bertz CT molecular complexity index is 814. The molecule has 1 unspecified atom stereocenters. The molecule has 0 aromatic carbocycles. The van der Waals surface area contributed by atoms with E-state index in [-0.39, 0.29) is 13.3 Å². The Morgan fingerprint density at radius 1 is 1.37 bits per heavy atom. The summed E-state index contributed by atoms with van der Waals surface area (Å²) in [4.78, 5) is 34.8. The molecule has 27 heavy (non-hydrogen) atoms. The van der Waals surface area contributed by atoms with Crippen LogP contribution in [0.4, 0.5) is 9.80 Å². The van der Waals surface area contributed by atoms with E-state index in [2.05, 4.69) is 15.3 Å². The molecule has 1 aliphatic heterocycles. The molecule has 1 aliphatic rings. The van der Waals surface area contributed by atoms with Crippen molar-refractivity contribution in [2.45, 2.75) is 53.2 Å². The van der Waals surface area contributed by atoms with Gasteiger partial charge in [-0.1, -0.05) is 18.8 Å². The molecule has 0 spiro atoms. The third-order valence-electron chi connectivity index (χ3n) is 3.89. The maximum atomic E-state index is 12.6. The smallest absolute Gasteiger partial charge is 0.410 e. The Morgan fingerprint density at radius 2 is 2.11 bits per heavy atom. The van der Waals surface area contributed by atoms with Gasteiger partial charge in [0, 0.05) is 24.5 Å². The zero-order valence-corrected chi connectivity index (χ0v) is 16.1. The summed E-state index contributed by atoms with van der Waals surface area (Å²) in [6.07, 6.45) is 3.61. The summed E-state index contributed by atoms with van der Waals surface area (Å²) in [7, 11) is 0. The van der Waals surface area contributed by atoms with Crippen molar-refractivity contribution in [1.82, 2.24) is 14.9 Å². The third-order valence-corrected chi connectivity index (χ3v) is 5.01. The fourth-order valence-corrected chi connectivity index (χ4v) is 3.48. The van der Waals surface area contributed by atoms with Gasteiger partial charge in [0.25, 0.3) is 0 Å². The maximum Gasteiger partial charge on any atom is 0.410 e. The predicted molar refractivity (Wildman–Crippen MR) is 107 cm³/mol. The first-order valence-corrected chi connectivity index (χ1v) is 9.24. The number of rotatable bonds is 3. The molecule has 2 amide bonds. The Labute approximate surface area is 163 Å². The number of aryl methyl sites for hydroxylation is 1. The first kappa shape index (κ1) is 20.8. The number of ether oxygens (including phenoxy) is 1. The van der Waals surface area contributed by atoms with Crippen molar-refractivity contribution in [3.63, 3.8) is 0 Å². The van der Waals surface area contributed by atoms with Gasteiger partial charge in [-0.25, -0.2) is 9.78 Å². The summed E-state index contributed by atoms with van der Waals surface area (Å²) in [6.45, 7) is 7.79. The zero-order valence-electron chi connectivity index (χ0n) is 15.3. The standard InChI is InChI=1S/C18H22N4O3S.CH4/c1-11-15(26-16(20-11)12-6-5-8-19-10-12)21-14(23)13-7-9-22(13)17(24)25-18(2,3)4;/h5-6,8,10,13H,7,9H2,1-4H3,(H,21,23);1H4. The van der Waals surface area contributed by atoms with Crippen LogP contribution < -0.4 is 5.32 Å². The van der Waals surface area contributed by atoms with Gasteiger partial charge in [0.1, 0.15) is 21.7 Å². The van der Waals surface area contributed by atoms with Gasteiger partial charge in [0.05, 0.1) is 5.69 Å². The van der Waals surface area contributed by atoms with Crippen LogP contribution in [-0.4, -0.2) is 45.1 Å². The number of likely N-dealkylation sites (tertiary alicyclic amines) is 1. The van der Waals surface area contributed by atoms with Crippen LogP contribution in [0.3, 0.4) is 0 Å². The zero-order chi connectivity index (χ0) is 18.9. The van der Waals surface area contributed by atoms with E-state index in [4.69, 9.17) is 4.74 Å². The number of amides is 2. The molecule has 1 atom stereocenters. The summed E-state index contributed by atoms with van der Waals surface area (Å²) in [5.41, 5.74) is 1.06. The van der Waals surface area contributed by atoms with Crippen molar-refractivity contribution in [3.8, 4) is 10.6 Å². The number of hydrogen-bond acceptors (Lipinski definition) is 6. The lowest BCUT2D eigenvalue weighted by atomic mass is 10.0. The Morgan fingerprint density at radius 3 is 2.67 bits per heavy atom. The molecule has 0 saturated carbocycles. The summed E-state index contributed by atoms with van der Waals surface area (Å²) < 4.78 is 5.35. The van der Waals surface area contributed by atoms with Gasteiger partial charge >= 0.3 is 6.09 Å². The SMILES string of the molecule is C.Cc1nc(-c2cccnc2)sc1NC(=O)C1CCN1C(=O)OC(C)(C)C. The average molecular weight is 391 g/mol. The van der Waals surface area contributed by atoms with Gasteiger partial charge in [-0.2, -0.15) is 0 Å². The van der Waals surface area contributed by atoms with Crippen molar-refractivity contribution in [3.05, 3.63) is 30.2 Å². The Hall–Kier alpha value is -2.48. The van der Waals surface area contributed by atoms with Crippen molar-refractivity contribution < 1.29 is 14.3 Å². The van der Waals surface area contributed by atoms with Gasteiger partial charge in [-0.3, -0.25) is 14.7 Å². The number of aromatic nitrogens is 2. The molecule has 7 nitrogen and oxygen atoms in total. The molecule has 3 rings (SSSR count). The number of nitrogens with one attached hydrogen (secondary N) is 1. The van der Waals surface area contributed by atoms with Crippen LogP contribution in [0.5, 0.6) is 0 Å². The van der Waals surface area contributed by atoms with Crippen molar-refractivity contribution in [2.24, 2.45) is 0 Å². The van der Waals surface area contributed by atoms with Crippen LogP contribution in [0.2, 0.25) is 0 Å². The molecule has 1 fully saturated rings. The number of carbonyl (C=O) groups excluding carboxylic acids is 2.